The monoisotopic (exact) mass is 278 g/mol. The van der Waals surface area contributed by atoms with E-state index in [0.29, 0.717) is 6.54 Å². The lowest BCUT2D eigenvalue weighted by Crippen LogP contribution is -1.98. The number of rotatable bonds is 5. The van der Waals surface area contributed by atoms with Crippen molar-refractivity contribution < 1.29 is 4.92 Å². The number of imidazole rings is 1. The van der Waals surface area contributed by atoms with E-state index in [0.717, 1.165) is 15.7 Å². The molecule has 1 aromatic carbocycles. The van der Waals surface area contributed by atoms with Crippen molar-refractivity contribution in [2.75, 3.05) is 11.9 Å². The number of aryl methyl sites for hydroxylation is 1. The summed E-state index contributed by atoms with van der Waals surface area (Å²) >= 11 is 1.40. The van der Waals surface area contributed by atoms with E-state index in [-0.39, 0.29) is 10.6 Å². The molecule has 0 aliphatic heterocycles. The second-order valence-electron chi connectivity index (χ2n) is 3.93. The molecular formula is C12H14N4O2S. The topological polar surface area (TPSA) is 73.0 Å². The zero-order valence-electron chi connectivity index (χ0n) is 10.7. The van der Waals surface area contributed by atoms with E-state index in [9.17, 15) is 10.1 Å². The quantitative estimate of drug-likeness (QED) is 0.672. The Morgan fingerprint density at radius 1 is 1.47 bits per heavy atom. The average Bonchev–Trinajstić information content (AvgIpc) is 2.75. The third-order valence-electron chi connectivity index (χ3n) is 2.47. The summed E-state index contributed by atoms with van der Waals surface area (Å²) in [5.41, 5.74) is 0.823. The number of nitro groups is 1. The maximum Gasteiger partial charge on any atom is 0.272 e. The Morgan fingerprint density at radius 2 is 2.26 bits per heavy atom. The summed E-state index contributed by atoms with van der Waals surface area (Å²) in [6.45, 7) is 2.66. The molecule has 0 aliphatic carbocycles. The van der Waals surface area contributed by atoms with Crippen LogP contribution in [0.5, 0.6) is 0 Å². The highest BCUT2D eigenvalue weighted by atomic mass is 32.2. The van der Waals surface area contributed by atoms with Gasteiger partial charge < -0.3 is 9.88 Å². The van der Waals surface area contributed by atoms with Gasteiger partial charge in [0.25, 0.3) is 5.69 Å². The molecule has 1 heterocycles. The summed E-state index contributed by atoms with van der Waals surface area (Å²) in [6.07, 6.45) is 3.54. The van der Waals surface area contributed by atoms with Crippen LogP contribution < -0.4 is 5.32 Å². The number of hydrogen-bond donors (Lipinski definition) is 1. The standard InChI is InChI=1S/C12H14N4O2S/c1-3-13-9-6-10(16(17)18)8-11(7-9)19-12-14-4-5-15(12)2/h4-8,13H,3H2,1-2H3. The Labute approximate surface area is 115 Å². The maximum atomic E-state index is 10.9. The van der Waals surface area contributed by atoms with E-state index in [4.69, 9.17) is 0 Å². The second kappa shape index (κ2) is 5.75. The van der Waals surface area contributed by atoms with Crippen molar-refractivity contribution in [2.24, 2.45) is 7.05 Å². The molecule has 0 amide bonds. The number of nitrogens with one attached hydrogen (secondary N) is 1. The molecule has 6 nitrogen and oxygen atoms in total. The highest BCUT2D eigenvalue weighted by Gasteiger charge is 2.11. The molecule has 0 unspecified atom stereocenters. The molecule has 100 valence electrons. The minimum absolute atomic E-state index is 0.0789. The van der Waals surface area contributed by atoms with Gasteiger partial charge in [-0.05, 0) is 13.0 Å². The van der Waals surface area contributed by atoms with Crippen LogP contribution >= 0.6 is 11.8 Å². The zero-order valence-corrected chi connectivity index (χ0v) is 11.5. The summed E-state index contributed by atoms with van der Waals surface area (Å²) in [6, 6.07) is 4.97. The molecule has 0 spiro atoms. The Kier molecular flexibility index (Phi) is 4.06. The first-order valence-corrected chi connectivity index (χ1v) is 6.60. The smallest absolute Gasteiger partial charge is 0.272 e. The van der Waals surface area contributed by atoms with Crippen LogP contribution in [0, 0.1) is 10.1 Å². The average molecular weight is 278 g/mol. The predicted molar refractivity (Wildman–Crippen MR) is 74.6 cm³/mol. The molecule has 0 fully saturated rings. The predicted octanol–water partition coefficient (Wildman–Crippen LogP) is 2.91. The van der Waals surface area contributed by atoms with Gasteiger partial charge in [-0.15, -0.1) is 0 Å². The molecule has 0 atom stereocenters. The van der Waals surface area contributed by atoms with Gasteiger partial charge in [-0.25, -0.2) is 4.98 Å². The van der Waals surface area contributed by atoms with E-state index in [1.165, 1.54) is 17.8 Å². The molecular weight excluding hydrogens is 264 g/mol. The fraction of sp³-hybridized carbons (Fsp3) is 0.250. The molecule has 1 aromatic heterocycles. The first kappa shape index (κ1) is 13.4. The molecule has 0 bridgehead atoms. The van der Waals surface area contributed by atoms with Gasteiger partial charge in [-0.2, -0.15) is 0 Å². The van der Waals surface area contributed by atoms with Crippen LogP contribution in [0.3, 0.4) is 0 Å². The Bertz CT molecular complexity index is 597. The van der Waals surface area contributed by atoms with Gasteiger partial charge in [0.15, 0.2) is 5.16 Å². The van der Waals surface area contributed by atoms with Gasteiger partial charge in [0.1, 0.15) is 0 Å². The van der Waals surface area contributed by atoms with Gasteiger partial charge in [-0.1, -0.05) is 11.8 Å². The summed E-state index contributed by atoms with van der Waals surface area (Å²) < 4.78 is 1.87. The van der Waals surface area contributed by atoms with Crippen molar-refractivity contribution >= 4 is 23.1 Å². The maximum absolute atomic E-state index is 10.9. The summed E-state index contributed by atoms with van der Waals surface area (Å²) in [7, 11) is 1.89. The number of aromatic nitrogens is 2. The fourth-order valence-electron chi connectivity index (χ4n) is 1.61. The summed E-state index contributed by atoms with van der Waals surface area (Å²) in [5.74, 6) is 0. The second-order valence-corrected chi connectivity index (χ2v) is 4.97. The van der Waals surface area contributed by atoms with E-state index in [1.54, 1.807) is 12.3 Å². The number of nitrogens with zero attached hydrogens (tertiary/aromatic N) is 3. The van der Waals surface area contributed by atoms with Crippen molar-refractivity contribution in [3.05, 3.63) is 40.7 Å². The molecule has 0 aliphatic rings. The number of anilines is 1. The molecule has 1 N–H and O–H groups in total. The molecule has 0 saturated carbocycles. The SMILES string of the molecule is CCNc1cc(Sc2nccn2C)cc([N+](=O)[O-])c1. The first-order chi connectivity index (χ1) is 9.10. The lowest BCUT2D eigenvalue weighted by Gasteiger charge is -2.06. The lowest BCUT2D eigenvalue weighted by atomic mass is 10.3. The van der Waals surface area contributed by atoms with Crippen LogP contribution in [-0.4, -0.2) is 21.0 Å². The Balaban J connectivity index is 2.33. The van der Waals surface area contributed by atoms with E-state index in [1.807, 2.05) is 30.8 Å². The summed E-state index contributed by atoms with van der Waals surface area (Å²) in [4.78, 5) is 15.5. The van der Waals surface area contributed by atoms with E-state index in [2.05, 4.69) is 10.3 Å². The fourth-order valence-corrected chi connectivity index (χ4v) is 2.50. The van der Waals surface area contributed by atoms with Gasteiger partial charge in [0, 0.05) is 48.7 Å². The number of hydrogen-bond acceptors (Lipinski definition) is 5. The molecule has 0 saturated heterocycles. The van der Waals surface area contributed by atoms with E-state index >= 15 is 0 Å². The van der Waals surface area contributed by atoms with Crippen molar-refractivity contribution in [1.29, 1.82) is 0 Å². The molecule has 7 heteroatoms. The van der Waals surface area contributed by atoms with Crippen LogP contribution in [0.2, 0.25) is 0 Å². The van der Waals surface area contributed by atoms with E-state index < -0.39 is 0 Å². The third kappa shape index (κ3) is 3.25. The Morgan fingerprint density at radius 3 is 2.84 bits per heavy atom. The molecule has 0 radical (unpaired) electrons. The molecule has 2 rings (SSSR count). The van der Waals surface area contributed by atoms with Crippen molar-refractivity contribution in [3.63, 3.8) is 0 Å². The van der Waals surface area contributed by atoms with Gasteiger partial charge in [-0.3, -0.25) is 10.1 Å². The number of non-ortho nitro benzene ring substituents is 1. The third-order valence-corrected chi connectivity index (χ3v) is 3.52. The van der Waals surface area contributed by atoms with Crippen molar-refractivity contribution in [3.8, 4) is 0 Å². The van der Waals surface area contributed by atoms with Crippen LogP contribution in [0.15, 0.2) is 40.6 Å². The van der Waals surface area contributed by atoms with Gasteiger partial charge >= 0.3 is 0 Å². The van der Waals surface area contributed by atoms with Crippen LogP contribution in [0.4, 0.5) is 11.4 Å². The highest BCUT2D eigenvalue weighted by molar-refractivity contribution is 7.99. The summed E-state index contributed by atoms with van der Waals surface area (Å²) in [5, 5.41) is 14.8. The molecule has 19 heavy (non-hydrogen) atoms. The lowest BCUT2D eigenvalue weighted by molar-refractivity contribution is -0.385. The largest absolute Gasteiger partial charge is 0.385 e. The van der Waals surface area contributed by atoms with Gasteiger partial charge in [0.2, 0.25) is 0 Å². The highest BCUT2D eigenvalue weighted by Crippen LogP contribution is 2.31. The van der Waals surface area contributed by atoms with Crippen LogP contribution in [0.1, 0.15) is 6.92 Å². The first-order valence-electron chi connectivity index (χ1n) is 5.78. The van der Waals surface area contributed by atoms with Crippen molar-refractivity contribution in [1.82, 2.24) is 9.55 Å². The zero-order chi connectivity index (χ0) is 13.8. The van der Waals surface area contributed by atoms with Crippen LogP contribution in [0.25, 0.3) is 0 Å². The van der Waals surface area contributed by atoms with Crippen molar-refractivity contribution in [2.45, 2.75) is 17.0 Å². The minimum Gasteiger partial charge on any atom is -0.385 e. The van der Waals surface area contributed by atoms with Gasteiger partial charge in [0.05, 0.1) is 4.92 Å². The Hall–Kier alpha value is -2.02. The molecule has 2 aromatic rings. The minimum atomic E-state index is -0.386. The number of benzene rings is 1. The normalized spacial score (nSPS) is 10.4. The number of nitro benzene ring substituents is 1. The van der Waals surface area contributed by atoms with Crippen LogP contribution in [-0.2, 0) is 7.05 Å².